The molecule has 2 aromatic heterocycles. The fourth-order valence-corrected chi connectivity index (χ4v) is 2.08. The second-order valence-corrected chi connectivity index (χ2v) is 4.65. The van der Waals surface area contributed by atoms with Crippen molar-refractivity contribution in [3.8, 4) is 0 Å². The van der Waals surface area contributed by atoms with Gasteiger partial charge in [0.1, 0.15) is 11.6 Å². The number of hydrogen-bond acceptors (Lipinski definition) is 5. The molecule has 104 valence electrons. The molecule has 0 bridgehead atoms. The van der Waals surface area contributed by atoms with Gasteiger partial charge in [-0.2, -0.15) is 0 Å². The van der Waals surface area contributed by atoms with E-state index in [0.717, 1.165) is 10.9 Å². The Morgan fingerprint density at radius 3 is 2.76 bits per heavy atom. The lowest BCUT2D eigenvalue weighted by Crippen LogP contribution is -1.98. The van der Waals surface area contributed by atoms with E-state index in [-0.39, 0.29) is 5.69 Å². The monoisotopic (exact) mass is 280 g/mol. The van der Waals surface area contributed by atoms with Crippen molar-refractivity contribution in [1.29, 1.82) is 0 Å². The summed E-state index contributed by atoms with van der Waals surface area (Å²) >= 11 is 0. The molecule has 2 heterocycles. The van der Waals surface area contributed by atoms with Crippen LogP contribution in [-0.2, 0) is 0 Å². The molecule has 0 amide bonds. The molecule has 3 rings (SSSR count). The fraction of sp³-hybridized carbons (Fsp3) is 0.0667. The quantitative estimate of drug-likeness (QED) is 0.585. The molecule has 0 atom stereocenters. The lowest BCUT2D eigenvalue weighted by atomic mass is 10.2. The second-order valence-electron chi connectivity index (χ2n) is 4.65. The van der Waals surface area contributed by atoms with E-state index >= 15 is 0 Å². The van der Waals surface area contributed by atoms with Crippen LogP contribution in [0.2, 0.25) is 0 Å². The number of para-hydroxylation sites is 1. The Hall–Kier alpha value is -3.02. The Balaban J connectivity index is 2.04. The molecule has 0 unspecified atom stereocenters. The van der Waals surface area contributed by atoms with E-state index in [0.29, 0.717) is 17.2 Å². The maximum atomic E-state index is 11.1. The Morgan fingerprint density at radius 2 is 2.00 bits per heavy atom. The van der Waals surface area contributed by atoms with Crippen molar-refractivity contribution in [2.75, 3.05) is 5.32 Å². The summed E-state index contributed by atoms with van der Waals surface area (Å²) in [5.74, 6) is 1.18. The smallest absolute Gasteiger partial charge is 0.295 e. The molecule has 0 aliphatic heterocycles. The molecule has 6 heteroatoms. The Morgan fingerprint density at radius 1 is 1.14 bits per heavy atom. The average Bonchev–Trinajstić information content (AvgIpc) is 2.46. The van der Waals surface area contributed by atoms with Crippen molar-refractivity contribution in [3.63, 3.8) is 0 Å². The van der Waals surface area contributed by atoms with Gasteiger partial charge in [-0.25, -0.2) is 9.97 Å². The van der Waals surface area contributed by atoms with E-state index in [4.69, 9.17) is 0 Å². The minimum Gasteiger partial charge on any atom is -0.325 e. The van der Waals surface area contributed by atoms with Crippen molar-refractivity contribution in [2.45, 2.75) is 6.92 Å². The molecule has 0 fully saturated rings. The highest BCUT2D eigenvalue weighted by Gasteiger charge is 2.13. The summed E-state index contributed by atoms with van der Waals surface area (Å²) in [7, 11) is 0. The highest BCUT2D eigenvalue weighted by Crippen LogP contribution is 2.25. The highest BCUT2D eigenvalue weighted by molar-refractivity contribution is 5.88. The van der Waals surface area contributed by atoms with E-state index in [1.54, 1.807) is 30.5 Å². The first-order valence-electron chi connectivity index (χ1n) is 6.37. The average molecular weight is 280 g/mol. The van der Waals surface area contributed by atoms with Crippen LogP contribution in [0.4, 0.5) is 17.3 Å². The van der Waals surface area contributed by atoms with Crippen LogP contribution in [0.1, 0.15) is 5.56 Å². The van der Waals surface area contributed by atoms with E-state index in [1.807, 2.05) is 19.1 Å². The van der Waals surface area contributed by atoms with Crippen molar-refractivity contribution in [3.05, 3.63) is 64.3 Å². The van der Waals surface area contributed by atoms with Gasteiger partial charge in [0.15, 0.2) is 5.52 Å². The number of anilines is 2. The molecule has 0 aliphatic rings. The number of benzene rings is 1. The van der Waals surface area contributed by atoms with Gasteiger partial charge in [-0.15, -0.1) is 0 Å². The van der Waals surface area contributed by atoms with Crippen molar-refractivity contribution in [1.82, 2.24) is 9.97 Å². The van der Waals surface area contributed by atoms with Gasteiger partial charge in [0.2, 0.25) is 0 Å². The molecule has 21 heavy (non-hydrogen) atoms. The third-order valence-corrected chi connectivity index (χ3v) is 3.07. The number of hydrogen-bond donors (Lipinski definition) is 1. The Labute approximate surface area is 120 Å². The zero-order valence-corrected chi connectivity index (χ0v) is 11.3. The number of pyridine rings is 2. The van der Waals surface area contributed by atoms with Crippen molar-refractivity contribution in [2.24, 2.45) is 0 Å². The highest BCUT2D eigenvalue weighted by atomic mass is 16.6. The Bertz CT molecular complexity index is 833. The van der Waals surface area contributed by atoms with Gasteiger partial charge in [0, 0.05) is 17.6 Å². The van der Waals surface area contributed by atoms with Crippen LogP contribution in [-0.4, -0.2) is 14.9 Å². The number of aromatic nitrogens is 2. The summed E-state index contributed by atoms with van der Waals surface area (Å²) < 4.78 is 0. The largest absolute Gasteiger partial charge is 0.325 e. The fourth-order valence-electron chi connectivity index (χ4n) is 2.08. The molecular formula is C15H12N4O2. The number of non-ortho nitro benzene ring substituents is 1. The number of nitrogens with zero attached hydrogens (tertiary/aromatic N) is 3. The maximum Gasteiger partial charge on any atom is 0.295 e. The summed E-state index contributed by atoms with van der Waals surface area (Å²) in [6.45, 7) is 1.96. The molecule has 1 N–H and O–H groups in total. The predicted molar refractivity (Wildman–Crippen MR) is 80.7 cm³/mol. The maximum absolute atomic E-state index is 11.1. The molecule has 0 saturated heterocycles. The number of nitro groups is 1. The van der Waals surface area contributed by atoms with E-state index < -0.39 is 4.92 Å². The van der Waals surface area contributed by atoms with Gasteiger partial charge >= 0.3 is 0 Å². The standard InChI is InChI=1S/C15H12N4O2/c1-10-7-8-16-14(9-10)17-13-6-5-11-3-2-4-12(19(20)21)15(11)18-13/h2-9H,1H3,(H,16,17,18). The first kappa shape index (κ1) is 13.0. The summed E-state index contributed by atoms with van der Waals surface area (Å²) in [6, 6.07) is 12.2. The summed E-state index contributed by atoms with van der Waals surface area (Å²) in [5.41, 5.74) is 1.42. The van der Waals surface area contributed by atoms with Gasteiger partial charge in [-0.05, 0) is 36.8 Å². The molecule has 6 nitrogen and oxygen atoms in total. The first-order chi connectivity index (χ1) is 10.1. The van der Waals surface area contributed by atoms with Gasteiger partial charge in [0.05, 0.1) is 4.92 Å². The lowest BCUT2D eigenvalue weighted by molar-refractivity contribution is -0.383. The third-order valence-electron chi connectivity index (χ3n) is 3.07. The second kappa shape index (κ2) is 5.16. The zero-order valence-electron chi connectivity index (χ0n) is 11.3. The van der Waals surface area contributed by atoms with Crippen LogP contribution in [0.15, 0.2) is 48.7 Å². The molecule has 0 spiro atoms. The lowest BCUT2D eigenvalue weighted by Gasteiger charge is -2.06. The topological polar surface area (TPSA) is 81.0 Å². The van der Waals surface area contributed by atoms with Crippen molar-refractivity contribution >= 4 is 28.2 Å². The van der Waals surface area contributed by atoms with Crippen LogP contribution in [0.25, 0.3) is 10.9 Å². The molecule has 1 aromatic carbocycles. The van der Waals surface area contributed by atoms with Gasteiger partial charge < -0.3 is 5.32 Å². The Kier molecular flexibility index (Phi) is 3.19. The van der Waals surface area contributed by atoms with E-state index in [1.165, 1.54) is 6.07 Å². The van der Waals surface area contributed by atoms with Gasteiger partial charge in [-0.1, -0.05) is 12.1 Å². The number of nitrogens with one attached hydrogen (secondary N) is 1. The first-order valence-corrected chi connectivity index (χ1v) is 6.37. The van der Waals surface area contributed by atoms with Crippen LogP contribution < -0.4 is 5.32 Å². The number of aryl methyl sites for hydroxylation is 1. The molecular weight excluding hydrogens is 268 g/mol. The third kappa shape index (κ3) is 2.64. The normalized spacial score (nSPS) is 10.5. The SMILES string of the molecule is Cc1ccnc(Nc2ccc3cccc([N+](=O)[O-])c3n2)c1. The van der Waals surface area contributed by atoms with Gasteiger partial charge in [-0.3, -0.25) is 10.1 Å². The summed E-state index contributed by atoms with van der Waals surface area (Å²) in [4.78, 5) is 19.2. The van der Waals surface area contributed by atoms with Crippen LogP contribution in [0.3, 0.4) is 0 Å². The van der Waals surface area contributed by atoms with E-state index in [9.17, 15) is 10.1 Å². The van der Waals surface area contributed by atoms with Gasteiger partial charge in [0.25, 0.3) is 5.69 Å². The summed E-state index contributed by atoms with van der Waals surface area (Å²) in [6.07, 6.45) is 1.70. The zero-order chi connectivity index (χ0) is 14.8. The minimum atomic E-state index is -0.427. The number of rotatable bonds is 3. The molecule has 3 aromatic rings. The van der Waals surface area contributed by atoms with Crippen LogP contribution >= 0.6 is 0 Å². The number of fused-ring (bicyclic) bond motifs is 1. The van der Waals surface area contributed by atoms with Crippen molar-refractivity contribution < 1.29 is 4.92 Å². The predicted octanol–water partition coefficient (Wildman–Crippen LogP) is 3.59. The molecule has 0 aliphatic carbocycles. The van der Waals surface area contributed by atoms with Crippen LogP contribution in [0, 0.1) is 17.0 Å². The number of nitro benzene ring substituents is 1. The molecule has 0 radical (unpaired) electrons. The minimum absolute atomic E-state index is 0.00616. The summed E-state index contributed by atoms with van der Waals surface area (Å²) in [5, 5.41) is 14.8. The molecule has 0 saturated carbocycles. The van der Waals surface area contributed by atoms with E-state index in [2.05, 4.69) is 15.3 Å². The van der Waals surface area contributed by atoms with Crippen LogP contribution in [0.5, 0.6) is 0 Å².